The topological polar surface area (TPSA) is 55.1 Å². The normalized spacial score (nSPS) is 16.4. The largest absolute Gasteiger partial charge is 0.416 e. The zero-order valence-electron chi connectivity index (χ0n) is 11.7. The van der Waals surface area contributed by atoms with Crippen LogP contribution in [0.4, 0.5) is 13.2 Å². The molecule has 1 amide bonds. The van der Waals surface area contributed by atoms with Crippen LogP contribution in [-0.4, -0.2) is 11.4 Å². The molecule has 0 aliphatic carbocycles. The summed E-state index contributed by atoms with van der Waals surface area (Å²) in [6.07, 6.45) is -3.89. The van der Waals surface area contributed by atoms with Gasteiger partial charge in [-0.25, -0.2) is 0 Å². The Balaban J connectivity index is 2.79. The first kappa shape index (κ1) is 16.5. The molecule has 1 aromatic rings. The van der Waals surface area contributed by atoms with E-state index in [9.17, 15) is 18.0 Å². The van der Waals surface area contributed by atoms with E-state index in [1.807, 2.05) is 0 Å². The van der Waals surface area contributed by atoms with Crippen molar-refractivity contribution >= 4 is 5.91 Å². The van der Waals surface area contributed by atoms with E-state index >= 15 is 0 Å². The van der Waals surface area contributed by atoms with Crippen LogP contribution in [0, 0.1) is 0 Å². The Morgan fingerprint density at radius 3 is 2.20 bits per heavy atom. The number of benzene rings is 1. The zero-order valence-corrected chi connectivity index (χ0v) is 11.7. The Morgan fingerprint density at radius 1 is 1.30 bits per heavy atom. The van der Waals surface area contributed by atoms with Crippen LogP contribution in [0.5, 0.6) is 0 Å². The van der Waals surface area contributed by atoms with Gasteiger partial charge in [0, 0.05) is 0 Å². The van der Waals surface area contributed by atoms with Crippen molar-refractivity contribution in [3.63, 3.8) is 0 Å². The molecule has 3 N–H and O–H groups in total. The summed E-state index contributed by atoms with van der Waals surface area (Å²) in [4.78, 5) is 11.9. The molecule has 112 valence electrons. The molecule has 2 atom stereocenters. The van der Waals surface area contributed by atoms with E-state index in [0.717, 1.165) is 12.1 Å². The van der Waals surface area contributed by atoms with E-state index in [1.54, 1.807) is 20.8 Å². The first-order valence-corrected chi connectivity index (χ1v) is 6.35. The molecule has 0 bridgehead atoms. The molecule has 0 saturated heterocycles. The number of hydrogen-bond donors (Lipinski definition) is 2. The Morgan fingerprint density at radius 2 is 1.80 bits per heavy atom. The van der Waals surface area contributed by atoms with Gasteiger partial charge in [0.15, 0.2) is 0 Å². The van der Waals surface area contributed by atoms with Crippen LogP contribution in [0.1, 0.15) is 44.4 Å². The van der Waals surface area contributed by atoms with E-state index in [-0.39, 0.29) is 5.91 Å². The Bertz CT molecular complexity index is 466. The fourth-order valence-corrected chi connectivity index (χ4v) is 1.57. The molecule has 6 heteroatoms. The molecule has 0 spiro atoms. The lowest BCUT2D eigenvalue weighted by Gasteiger charge is -2.24. The third-order valence-corrected chi connectivity index (χ3v) is 3.34. The Hall–Kier alpha value is -1.56. The molecular formula is C14H19F3N2O. The van der Waals surface area contributed by atoms with Crippen LogP contribution < -0.4 is 11.1 Å². The van der Waals surface area contributed by atoms with Crippen molar-refractivity contribution < 1.29 is 18.0 Å². The van der Waals surface area contributed by atoms with Gasteiger partial charge in [0.05, 0.1) is 17.1 Å². The van der Waals surface area contributed by atoms with Crippen molar-refractivity contribution in [1.29, 1.82) is 0 Å². The van der Waals surface area contributed by atoms with Crippen LogP contribution >= 0.6 is 0 Å². The molecule has 0 heterocycles. The van der Waals surface area contributed by atoms with E-state index in [4.69, 9.17) is 5.73 Å². The van der Waals surface area contributed by atoms with Gasteiger partial charge in [-0.2, -0.15) is 13.2 Å². The summed E-state index contributed by atoms with van der Waals surface area (Å²) in [5, 5.41) is 2.70. The summed E-state index contributed by atoms with van der Waals surface area (Å²) in [6.45, 7) is 5.11. The van der Waals surface area contributed by atoms with Crippen molar-refractivity contribution in [2.75, 3.05) is 0 Å². The first-order valence-electron chi connectivity index (χ1n) is 6.35. The van der Waals surface area contributed by atoms with Crippen molar-refractivity contribution in [3.8, 4) is 0 Å². The number of carbonyl (C=O) groups excluding carboxylic acids is 1. The summed E-state index contributed by atoms with van der Waals surface area (Å²) >= 11 is 0. The van der Waals surface area contributed by atoms with Gasteiger partial charge in [-0.1, -0.05) is 19.1 Å². The molecule has 0 fully saturated rings. The van der Waals surface area contributed by atoms with Gasteiger partial charge < -0.3 is 11.1 Å². The van der Waals surface area contributed by atoms with Gasteiger partial charge in [-0.05, 0) is 38.0 Å². The molecule has 0 saturated carbocycles. The molecule has 1 rings (SSSR count). The fourth-order valence-electron chi connectivity index (χ4n) is 1.57. The number of halogens is 3. The van der Waals surface area contributed by atoms with Crippen molar-refractivity contribution in [3.05, 3.63) is 35.4 Å². The number of rotatable bonds is 4. The van der Waals surface area contributed by atoms with Crippen LogP contribution in [0.2, 0.25) is 0 Å². The van der Waals surface area contributed by atoms with E-state index in [1.165, 1.54) is 12.1 Å². The number of nitrogens with two attached hydrogens (primary N) is 1. The lowest BCUT2D eigenvalue weighted by molar-refractivity contribution is -0.137. The SMILES string of the molecule is CCC(C)(N)C(=O)NC(C)c1ccc(C(F)(F)F)cc1. The molecule has 1 aromatic carbocycles. The van der Waals surface area contributed by atoms with Gasteiger partial charge in [0.25, 0.3) is 0 Å². The summed E-state index contributed by atoms with van der Waals surface area (Å²) in [7, 11) is 0. The number of carbonyl (C=O) groups is 1. The van der Waals surface area contributed by atoms with Crippen LogP contribution in [-0.2, 0) is 11.0 Å². The predicted octanol–water partition coefficient (Wildman–Crippen LogP) is 3.01. The smallest absolute Gasteiger partial charge is 0.348 e. The fraction of sp³-hybridized carbons (Fsp3) is 0.500. The number of amides is 1. The van der Waals surface area contributed by atoms with E-state index in [0.29, 0.717) is 12.0 Å². The Kier molecular flexibility index (Phi) is 4.81. The van der Waals surface area contributed by atoms with Gasteiger partial charge in [0.1, 0.15) is 0 Å². The molecule has 0 radical (unpaired) electrons. The second-order valence-electron chi connectivity index (χ2n) is 5.09. The quantitative estimate of drug-likeness (QED) is 0.894. The van der Waals surface area contributed by atoms with E-state index in [2.05, 4.69) is 5.32 Å². The maximum Gasteiger partial charge on any atom is 0.416 e. The van der Waals surface area contributed by atoms with Crippen LogP contribution in [0.15, 0.2) is 24.3 Å². The first-order chi connectivity index (χ1) is 9.08. The number of alkyl halides is 3. The van der Waals surface area contributed by atoms with Crippen LogP contribution in [0.3, 0.4) is 0 Å². The van der Waals surface area contributed by atoms with Gasteiger partial charge in [-0.3, -0.25) is 4.79 Å². The Labute approximate surface area is 116 Å². The third-order valence-electron chi connectivity index (χ3n) is 3.34. The average molecular weight is 288 g/mol. The highest BCUT2D eigenvalue weighted by Crippen LogP contribution is 2.29. The minimum atomic E-state index is -4.36. The highest BCUT2D eigenvalue weighted by Gasteiger charge is 2.30. The predicted molar refractivity (Wildman–Crippen MR) is 70.9 cm³/mol. The minimum Gasteiger partial charge on any atom is -0.348 e. The number of hydrogen-bond acceptors (Lipinski definition) is 2. The van der Waals surface area contributed by atoms with Crippen molar-refractivity contribution in [1.82, 2.24) is 5.32 Å². The average Bonchev–Trinajstić information content (AvgIpc) is 2.37. The van der Waals surface area contributed by atoms with Crippen LogP contribution in [0.25, 0.3) is 0 Å². The van der Waals surface area contributed by atoms with Gasteiger partial charge in [0.2, 0.25) is 5.91 Å². The maximum atomic E-state index is 12.4. The molecule has 0 aliphatic rings. The molecule has 20 heavy (non-hydrogen) atoms. The second-order valence-corrected chi connectivity index (χ2v) is 5.09. The minimum absolute atomic E-state index is 0.326. The molecule has 0 aromatic heterocycles. The van der Waals surface area contributed by atoms with E-state index < -0.39 is 23.3 Å². The lowest BCUT2D eigenvalue weighted by atomic mass is 9.98. The third kappa shape index (κ3) is 3.96. The highest BCUT2D eigenvalue weighted by molar-refractivity contribution is 5.85. The van der Waals surface area contributed by atoms with Crippen molar-refractivity contribution in [2.24, 2.45) is 5.73 Å². The van der Waals surface area contributed by atoms with Crippen molar-refractivity contribution in [2.45, 2.75) is 44.9 Å². The molecular weight excluding hydrogens is 269 g/mol. The summed E-state index contributed by atoms with van der Waals surface area (Å²) in [5.41, 5.74) is 4.70. The molecule has 3 nitrogen and oxygen atoms in total. The maximum absolute atomic E-state index is 12.4. The van der Waals surface area contributed by atoms with Gasteiger partial charge >= 0.3 is 6.18 Å². The lowest BCUT2D eigenvalue weighted by Crippen LogP contribution is -2.51. The second kappa shape index (κ2) is 5.83. The molecule has 2 unspecified atom stereocenters. The standard InChI is InChI=1S/C14H19F3N2O/c1-4-13(3,18)12(20)19-9(2)10-5-7-11(8-6-10)14(15,16)17/h5-9H,4,18H2,1-3H3,(H,19,20). The van der Waals surface area contributed by atoms with Gasteiger partial charge in [-0.15, -0.1) is 0 Å². The molecule has 0 aliphatic heterocycles. The summed E-state index contributed by atoms with van der Waals surface area (Å²) in [6, 6.07) is 4.30. The highest BCUT2D eigenvalue weighted by atomic mass is 19.4. The summed E-state index contributed by atoms with van der Waals surface area (Å²) < 4.78 is 37.3. The zero-order chi connectivity index (χ0) is 15.6. The summed E-state index contributed by atoms with van der Waals surface area (Å²) in [5.74, 6) is -0.326. The number of nitrogens with one attached hydrogen (secondary N) is 1. The monoisotopic (exact) mass is 288 g/mol.